The average Bonchev–Trinajstić information content (AvgIpc) is 2.18. The number of ether oxygens (including phenoxy) is 1. The number of rotatable bonds is 2. The maximum atomic E-state index is 10.9. The van der Waals surface area contributed by atoms with E-state index >= 15 is 0 Å². The van der Waals surface area contributed by atoms with Gasteiger partial charge in [-0.15, -0.1) is 0 Å². The summed E-state index contributed by atoms with van der Waals surface area (Å²) < 4.78 is 14.9. The number of aliphatic hydroxyl groups excluding tert-OH is 4. The van der Waals surface area contributed by atoms with Crippen LogP contribution in [0.25, 0.3) is 0 Å². The van der Waals surface area contributed by atoms with Gasteiger partial charge in [-0.2, -0.15) is 0 Å². The molecule has 0 aromatic heterocycles. The average molecular weight is 258 g/mol. The van der Waals surface area contributed by atoms with Gasteiger partial charge in [0.2, 0.25) is 0 Å². The monoisotopic (exact) mass is 258 g/mol. The molecular formula is C6H11O9P. The van der Waals surface area contributed by atoms with Crippen LogP contribution in [-0.2, 0) is 14.1 Å². The topological polar surface area (TPSA) is 165 Å². The molecular weight excluding hydrogens is 247 g/mol. The zero-order chi connectivity index (χ0) is 12.7. The van der Waals surface area contributed by atoms with E-state index in [9.17, 15) is 14.5 Å². The van der Waals surface area contributed by atoms with E-state index in [0.717, 1.165) is 0 Å². The van der Waals surface area contributed by atoms with Crippen LogP contribution in [0.2, 0.25) is 0 Å². The SMILES string of the molecule is O=C1O[C@H](C(O)P(=O)(O)O)[C@@H](O)[C@H](O)[C@H]1O. The van der Waals surface area contributed by atoms with Gasteiger partial charge in [0.15, 0.2) is 18.1 Å². The maximum Gasteiger partial charge on any atom is 0.357 e. The maximum absolute atomic E-state index is 10.9. The second-order valence-electron chi connectivity index (χ2n) is 3.33. The second-order valence-corrected chi connectivity index (χ2v) is 5.04. The third-order valence-corrected chi connectivity index (χ3v) is 3.13. The summed E-state index contributed by atoms with van der Waals surface area (Å²) in [6.07, 6.45) is -7.98. The lowest BCUT2D eigenvalue weighted by molar-refractivity contribution is -0.210. The Morgan fingerprint density at radius 3 is 2.12 bits per heavy atom. The number of carbonyl (C=O) groups is 1. The molecule has 0 spiro atoms. The normalized spacial score (nSPS) is 38.0. The number of carbonyl (C=O) groups excluding carboxylic acids is 1. The van der Waals surface area contributed by atoms with Crippen LogP contribution in [0.5, 0.6) is 0 Å². The molecule has 6 N–H and O–H groups in total. The molecule has 10 heteroatoms. The van der Waals surface area contributed by atoms with Crippen molar-refractivity contribution in [1.82, 2.24) is 0 Å². The molecule has 1 unspecified atom stereocenters. The second kappa shape index (κ2) is 4.38. The molecule has 1 aliphatic heterocycles. The molecule has 0 amide bonds. The lowest BCUT2D eigenvalue weighted by atomic mass is 10.00. The lowest BCUT2D eigenvalue weighted by Crippen LogP contribution is -2.58. The molecule has 0 saturated carbocycles. The Morgan fingerprint density at radius 2 is 1.69 bits per heavy atom. The largest absolute Gasteiger partial charge is 0.454 e. The molecule has 0 aromatic carbocycles. The summed E-state index contributed by atoms with van der Waals surface area (Å²) in [5.41, 5.74) is 0. The van der Waals surface area contributed by atoms with E-state index in [1.807, 2.05) is 0 Å². The van der Waals surface area contributed by atoms with Gasteiger partial charge in [-0.1, -0.05) is 0 Å². The Bertz CT molecular complexity index is 324. The highest BCUT2D eigenvalue weighted by Crippen LogP contribution is 2.43. The molecule has 0 aliphatic carbocycles. The highest BCUT2D eigenvalue weighted by Gasteiger charge is 2.50. The van der Waals surface area contributed by atoms with Crippen molar-refractivity contribution in [2.75, 3.05) is 0 Å². The van der Waals surface area contributed by atoms with Crippen molar-refractivity contribution >= 4 is 13.6 Å². The molecule has 1 rings (SSSR count). The predicted octanol–water partition coefficient (Wildman–Crippen LogP) is -3.51. The molecule has 0 aromatic rings. The van der Waals surface area contributed by atoms with E-state index in [2.05, 4.69) is 4.74 Å². The minimum atomic E-state index is -5.01. The minimum Gasteiger partial charge on any atom is -0.454 e. The van der Waals surface area contributed by atoms with Crippen molar-refractivity contribution in [3.63, 3.8) is 0 Å². The van der Waals surface area contributed by atoms with E-state index in [0.29, 0.717) is 0 Å². The van der Waals surface area contributed by atoms with Crippen LogP contribution in [-0.4, -0.2) is 66.4 Å². The van der Waals surface area contributed by atoms with Gasteiger partial charge in [0, 0.05) is 0 Å². The van der Waals surface area contributed by atoms with Crippen LogP contribution < -0.4 is 0 Å². The first-order chi connectivity index (χ1) is 7.16. The van der Waals surface area contributed by atoms with Crippen molar-refractivity contribution in [2.24, 2.45) is 0 Å². The summed E-state index contributed by atoms with van der Waals surface area (Å²) >= 11 is 0. The summed E-state index contributed by atoms with van der Waals surface area (Å²) in [5, 5.41) is 36.5. The standard InChI is InChI=1S/C6H11O9P/c7-1-2(8)4(6(11)16(12,13)14)15-5(10)3(1)9/h1-4,6-9,11H,(H2,12,13,14)/t1-,2-,3+,4-,6?/m0/s1. The van der Waals surface area contributed by atoms with Gasteiger partial charge in [-0.25, -0.2) is 4.79 Å². The zero-order valence-corrected chi connectivity index (χ0v) is 8.64. The number of hydrogen-bond acceptors (Lipinski definition) is 7. The van der Waals surface area contributed by atoms with Gasteiger partial charge in [0.05, 0.1) is 0 Å². The fraction of sp³-hybridized carbons (Fsp3) is 0.833. The highest BCUT2D eigenvalue weighted by atomic mass is 31.2. The van der Waals surface area contributed by atoms with Crippen molar-refractivity contribution in [2.45, 2.75) is 30.3 Å². The predicted molar refractivity (Wildman–Crippen MR) is 46.0 cm³/mol. The van der Waals surface area contributed by atoms with E-state index in [1.165, 1.54) is 0 Å². The van der Waals surface area contributed by atoms with Crippen molar-refractivity contribution < 1.29 is 44.3 Å². The van der Waals surface area contributed by atoms with Crippen molar-refractivity contribution in [3.8, 4) is 0 Å². The van der Waals surface area contributed by atoms with E-state index in [4.69, 9.17) is 25.1 Å². The van der Waals surface area contributed by atoms with E-state index < -0.39 is 43.8 Å². The van der Waals surface area contributed by atoms with Gasteiger partial charge < -0.3 is 34.9 Å². The van der Waals surface area contributed by atoms with Crippen molar-refractivity contribution in [3.05, 3.63) is 0 Å². The van der Waals surface area contributed by atoms with Crippen LogP contribution in [0.15, 0.2) is 0 Å². The molecule has 16 heavy (non-hydrogen) atoms. The molecule has 1 heterocycles. The Kier molecular flexibility index (Phi) is 3.70. The third kappa shape index (κ3) is 2.41. The minimum absolute atomic E-state index is 1.38. The van der Waals surface area contributed by atoms with Gasteiger partial charge in [-0.3, -0.25) is 4.57 Å². The van der Waals surface area contributed by atoms with Gasteiger partial charge >= 0.3 is 13.6 Å². The summed E-state index contributed by atoms with van der Waals surface area (Å²) in [6.45, 7) is 0. The van der Waals surface area contributed by atoms with E-state index in [-0.39, 0.29) is 0 Å². The first kappa shape index (κ1) is 13.5. The fourth-order valence-electron chi connectivity index (χ4n) is 1.22. The van der Waals surface area contributed by atoms with E-state index in [1.54, 1.807) is 0 Å². The Balaban J connectivity index is 2.90. The zero-order valence-electron chi connectivity index (χ0n) is 7.74. The molecule has 0 radical (unpaired) electrons. The smallest absolute Gasteiger partial charge is 0.357 e. The first-order valence-corrected chi connectivity index (χ1v) is 5.82. The Morgan fingerprint density at radius 1 is 1.19 bits per heavy atom. The summed E-state index contributed by atoms with van der Waals surface area (Å²) in [5.74, 6) is -3.84. The molecule has 9 nitrogen and oxygen atoms in total. The number of aliphatic hydroxyl groups is 4. The molecule has 1 fully saturated rings. The summed E-state index contributed by atoms with van der Waals surface area (Å²) in [4.78, 5) is 28.1. The van der Waals surface area contributed by atoms with Gasteiger partial charge in [-0.05, 0) is 0 Å². The van der Waals surface area contributed by atoms with Crippen LogP contribution in [0.3, 0.4) is 0 Å². The fourth-order valence-corrected chi connectivity index (χ4v) is 1.84. The third-order valence-electron chi connectivity index (χ3n) is 2.14. The molecule has 5 atom stereocenters. The van der Waals surface area contributed by atoms with Gasteiger partial charge in [0.1, 0.15) is 12.2 Å². The molecule has 0 bridgehead atoms. The Hall–Kier alpha value is -0.540. The number of cyclic esters (lactones) is 1. The molecule has 1 aliphatic rings. The lowest BCUT2D eigenvalue weighted by Gasteiger charge is -2.36. The number of esters is 1. The quantitative estimate of drug-likeness (QED) is 0.217. The molecule has 1 saturated heterocycles. The van der Waals surface area contributed by atoms with Crippen LogP contribution >= 0.6 is 7.60 Å². The first-order valence-electron chi connectivity index (χ1n) is 4.14. The van der Waals surface area contributed by atoms with Crippen LogP contribution in [0, 0.1) is 0 Å². The molecule has 94 valence electrons. The summed E-state index contributed by atoms with van der Waals surface area (Å²) in [6, 6.07) is 0. The highest BCUT2D eigenvalue weighted by molar-refractivity contribution is 7.52. The van der Waals surface area contributed by atoms with Crippen LogP contribution in [0.4, 0.5) is 0 Å². The van der Waals surface area contributed by atoms with Crippen molar-refractivity contribution in [1.29, 1.82) is 0 Å². The van der Waals surface area contributed by atoms with Crippen LogP contribution in [0.1, 0.15) is 0 Å². The van der Waals surface area contributed by atoms with Gasteiger partial charge in [0.25, 0.3) is 0 Å². The number of hydrogen-bond donors (Lipinski definition) is 6. The summed E-state index contributed by atoms with van der Waals surface area (Å²) in [7, 11) is -5.01. The Labute approximate surface area is 89.1 Å².